The molecule has 0 spiro atoms. The zero-order valence-electron chi connectivity index (χ0n) is 15.8. The van der Waals surface area contributed by atoms with Crippen LogP contribution in [0, 0.1) is 0 Å². The second-order valence-corrected chi connectivity index (χ2v) is 7.84. The largest absolute Gasteiger partial charge is 0.460 e. The number of alkyl halides is 17. The summed E-state index contributed by atoms with van der Waals surface area (Å²) in [4.78, 5) is 0. The Kier molecular flexibility index (Phi) is 7.91. The normalized spacial score (nSPS) is 16.4. The Morgan fingerprint density at radius 1 is 0.543 bits per heavy atom. The number of hydrogen-bond donors (Lipinski definition) is 1. The van der Waals surface area contributed by atoms with Crippen molar-refractivity contribution in [1.29, 1.82) is 0 Å². The highest BCUT2D eigenvalue weighted by atomic mass is 79.9. The summed E-state index contributed by atoms with van der Waals surface area (Å²) >= 11 is 2.81. The van der Waals surface area contributed by atoms with Crippen LogP contribution in [0.4, 0.5) is 74.6 Å². The van der Waals surface area contributed by atoms with E-state index in [0.29, 0.717) is 12.1 Å². The van der Waals surface area contributed by atoms with Gasteiger partial charge in [0.25, 0.3) is 0 Å². The molecule has 0 saturated carbocycles. The Hall–Kier alpha value is -1.53. The van der Waals surface area contributed by atoms with Crippen molar-refractivity contribution in [3.05, 3.63) is 34.3 Å². The van der Waals surface area contributed by atoms with Crippen LogP contribution >= 0.6 is 15.9 Å². The van der Waals surface area contributed by atoms with Crippen LogP contribution in [0.25, 0.3) is 0 Å². The fraction of sp³-hybridized carbons (Fsp3) is 0.625. The lowest BCUT2D eigenvalue weighted by Gasteiger charge is -2.43. The van der Waals surface area contributed by atoms with Crippen molar-refractivity contribution >= 4 is 15.9 Å². The second kappa shape index (κ2) is 8.79. The molecular weight excluding hydrogens is 611 g/mol. The number of halogens is 18. The maximum atomic E-state index is 13.9. The first-order valence-electron chi connectivity index (χ1n) is 8.28. The highest BCUT2D eigenvalue weighted by Crippen LogP contribution is 2.64. The van der Waals surface area contributed by atoms with Gasteiger partial charge in [-0.05, 0) is 17.7 Å². The predicted octanol–water partition coefficient (Wildman–Crippen LogP) is 7.88. The molecule has 0 aliphatic heterocycles. The molecule has 0 aromatic heterocycles. The Morgan fingerprint density at radius 3 is 1.20 bits per heavy atom. The number of benzene rings is 1. The molecule has 0 radical (unpaired) electrons. The zero-order chi connectivity index (χ0) is 28.3. The minimum atomic E-state index is -8.67. The molecule has 1 aromatic carbocycles. The van der Waals surface area contributed by atoms with E-state index in [0.717, 1.165) is 12.1 Å². The maximum absolute atomic E-state index is 13.9. The molecule has 0 heterocycles. The van der Waals surface area contributed by atoms with E-state index >= 15 is 0 Å². The molecule has 0 aliphatic rings. The number of aliphatic hydroxyl groups excluding tert-OH is 1. The minimum absolute atomic E-state index is 0.190. The lowest BCUT2D eigenvalue weighted by Crippen LogP contribution is -2.74. The van der Waals surface area contributed by atoms with Crippen molar-refractivity contribution in [2.75, 3.05) is 0 Å². The van der Waals surface area contributed by atoms with E-state index in [1.54, 1.807) is 0 Å². The van der Waals surface area contributed by atoms with Gasteiger partial charge in [0.1, 0.15) is 0 Å². The monoisotopic (exact) mass is 618 g/mol. The maximum Gasteiger partial charge on any atom is 0.460 e. The molecule has 0 fully saturated rings. The van der Waals surface area contributed by atoms with Gasteiger partial charge in [-0.3, -0.25) is 0 Å². The minimum Gasteiger partial charge on any atom is -0.388 e. The standard InChI is InChI=1S/C16H8BrF17O/c17-7-3-1-6(2-4-7)8(35)5-9(18,19)10(20,21)11(22,23)12(24,25)13(26,27)14(28,29)15(30,31)16(32,33)34/h1-4,8,35H,5H2. The van der Waals surface area contributed by atoms with Gasteiger partial charge in [0, 0.05) is 10.9 Å². The fourth-order valence-corrected chi connectivity index (χ4v) is 2.63. The molecule has 1 N–H and O–H groups in total. The van der Waals surface area contributed by atoms with Crippen LogP contribution in [0.2, 0.25) is 0 Å². The van der Waals surface area contributed by atoms with Crippen LogP contribution in [-0.4, -0.2) is 52.7 Å². The molecule has 19 heteroatoms. The lowest BCUT2D eigenvalue weighted by atomic mass is 9.87. The van der Waals surface area contributed by atoms with Crippen molar-refractivity contribution in [2.24, 2.45) is 0 Å². The number of hydrogen-bond acceptors (Lipinski definition) is 1. The van der Waals surface area contributed by atoms with Crippen molar-refractivity contribution in [1.82, 2.24) is 0 Å². The van der Waals surface area contributed by atoms with Gasteiger partial charge in [0.15, 0.2) is 0 Å². The first kappa shape index (κ1) is 31.5. The van der Waals surface area contributed by atoms with Crippen LogP contribution in [0.15, 0.2) is 28.7 Å². The molecule has 1 rings (SSSR count). The Morgan fingerprint density at radius 2 is 0.857 bits per heavy atom. The van der Waals surface area contributed by atoms with Crippen LogP contribution in [0.5, 0.6) is 0 Å². The van der Waals surface area contributed by atoms with Gasteiger partial charge < -0.3 is 5.11 Å². The van der Waals surface area contributed by atoms with Gasteiger partial charge in [0.05, 0.1) is 6.10 Å². The average molecular weight is 619 g/mol. The van der Waals surface area contributed by atoms with E-state index in [2.05, 4.69) is 15.9 Å². The third-order valence-corrected chi connectivity index (χ3v) is 5.02. The van der Waals surface area contributed by atoms with Gasteiger partial charge in [-0.1, -0.05) is 28.1 Å². The fourth-order valence-electron chi connectivity index (χ4n) is 2.37. The van der Waals surface area contributed by atoms with E-state index in [9.17, 15) is 79.7 Å². The van der Waals surface area contributed by atoms with Crippen molar-refractivity contribution in [3.63, 3.8) is 0 Å². The molecule has 0 amide bonds. The molecular formula is C16H8BrF17O. The van der Waals surface area contributed by atoms with Gasteiger partial charge in [0.2, 0.25) is 0 Å². The Bertz CT molecular complexity index is 890. The molecule has 0 aliphatic carbocycles. The van der Waals surface area contributed by atoms with Crippen LogP contribution in [0.3, 0.4) is 0 Å². The predicted molar refractivity (Wildman–Crippen MR) is 84.4 cm³/mol. The molecule has 1 nitrogen and oxygen atoms in total. The molecule has 35 heavy (non-hydrogen) atoms. The molecule has 1 unspecified atom stereocenters. The Labute approximate surface area is 191 Å². The first-order chi connectivity index (χ1) is 15.1. The zero-order valence-corrected chi connectivity index (χ0v) is 17.4. The summed E-state index contributed by atoms with van der Waals surface area (Å²) in [6.07, 6.45) is -13.6. The lowest BCUT2D eigenvalue weighted by molar-refractivity contribution is -0.462. The highest BCUT2D eigenvalue weighted by molar-refractivity contribution is 9.10. The van der Waals surface area contributed by atoms with Gasteiger partial charge >= 0.3 is 47.6 Å². The van der Waals surface area contributed by atoms with Crippen LogP contribution < -0.4 is 0 Å². The summed E-state index contributed by atoms with van der Waals surface area (Å²) in [7, 11) is 0. The van der Waals surface area contributed by atoms with Crippen molar-refractivity contribution in [3.8, 4) is 0 Å². The Balaban J connectivity index is 3.52. The number of rotatable bonds is 9. The van der Waals surface area contributed by atoms with E-state index in [4.69, 9.17) is 0 Å². The first-order valence-corrected chi connectivity index (χ1v) is 9.07. The summed E-state index contributed by atoms with van der Waals surface area (Å²) in [5, 5.41) is 9.51. The van der Waals surface area contributed by atoms with E-state index in [1.165, 1.54) is 0 Å². The summed E-state index contributed by atoms with van der Waals surface area (Å²) in [6.45, 7) is 0. The third-order valence-electron chi connectivity index (χ3n) is 4.49. The molecule has 204 valence electrons. The topological polar surface area (TPSA) is 20.2 Å². The van der Waals surface area contributed by atoms with Gasteiger partial charge in [-0.15, -0.1) is 0 Å². The SMILES string of the molecule is OC(CC(F)(F)C(F)(F)C(F)(F)C(F)(F)C(F)(F)C(F)(F)C(F)(F)C(F)(F)F)c1ccc(Br)cc1. The molecule has 1 atom stereocenters. The summed E-state index contributed by atoms with van der Waals surface area (Å²) in [6, 6.07) is 3.37. The van der Waals surface area contributed by atoms with Crippen LogP contribution in [-0.2, 0) is 0 Å². The smallest absolute Gasteiger partial charge is 0.388 e. The van der Waals surface area contributed by atoms with Gasteiger partial charge in [-0.2, -0.15) is 74.6 Å². The molecule has 0 bridgehead atoms. The summed E-state index contributed by atoms with van der Waals surface area (Å²) < 4.78 is 224. The van der Waals surface area contributed by atoms with E-state index < -0.39 is 65.7 Å². The van der Waals surface area contributed by atoms with Gasteiger partial charge in [-0.25, -0.2) is 0 Å². The highest BCUT2D eigenvalue weighted by Gasteiger charge is 2.95. The molecule has 0 saturated heterocycles. The molecule has 1 aromatic rings. The van der Waals surface area contributed by atoms with E-state index in [-0.39, 0.29) is 4.47 Å². The summed E-state index contributed by atoms with van der Waals surface area (Å²) in [5.41, 5.74) is -0.750. The second-order valence-electron chi connectivity index (χ2n) is 6.92. The third kappa shape index (κ3) is 4.66. The van der Waals surface area contributed by atoms with Crippen molar-refractivity contribution < 1.29 is 79.7 Å². The summed E-state index contributed by atoms with van der Waals surface area (Å²) in [5.74, 6) is -56.9. The van der Waals surface area contributed by atoms with Crippen molar-refractivity contribution in [2.45, 2.75) is 60.2 Å². The average Bonchev–Trinajstić information content (AvgIpc) is 2.66. The quantitative estimate of drug-likeness (QED) is 0.279. The van der Waals surface area contributed by atoms with E-state index in [1.807, 2.05) is 0 Å². The van der Waals surface area contributed by atoms with Crippen LogP contribution in [0.1, 0.15) is 18.1 Å². The number of aliphatic hydroxyl groups is 1.